The van der Waals surface area contributed by atoms with Crippen molar-refractivity contribution in [3.8, 4) is 17.1 Å². The number of nitrogens with one attached hydrogen (secondary N) is 1. The Morgan fingerprint density at radius 2 is 2.23 bits per heavy atom. The van der Waals surface area contributed by atoms with Crippen molar-refractivity contribution >= 4 is 5.91 Å². The SMILES string of the molecule is COc1cccc(-c2nnn(CC(=O)NCCC(C)C)n2)c1. The predicted molar refractivity (Wildman–Crippen MR) is 82.3 cm³/mol. The maximum absolute atomic E-state index is 11.8. The standard InChI is InChI=1S/C15H21N5O2/c1-11(2)7-8-16-14(21)10-20-18-15(17-19-20)12-5-4-6-13(9-12)22-3/h4-6,9,11H,7-8,10H2,1-3H3,(H,16,21). The average Bonchev–Trinajstić information content (AvgIpc) is 2.95. The highest BCUT2D eigenvalue weighted by molar-refractivity contribution is 5.75. The van der Waals surface area contributed by atoms with Gasteiger partial charge in [-0.25, -0.2) is 0 Å². The van der Waals surface area contributed by atoms with E-state index >= 15 is 0 Å². The van der Waals surface area contributed by atoms with Crippen molar-refractivity contribution in [1.82, 2.24) is 25.5 Å². The number of methoxy groups -OCH3 is 1. The molecule has 2 rings (SSSR count). The molecule has 22 heavy (non-hydrogen) atoms. The van der Waals surface area contributed by atoms with Crippen LogP contribution in [0.15, 0.2) is 24.3 Å². The number of ether oxygens (including phenoxy) is 1. The Morgan fingerprint density at radius 3 is 2.95 bits per heavy atom. The number of benzene rings is 1. The molecule has 1 aromatic heterocycles. The van der Waals surface area contributed by atoms with Crippen LogP contribution < -0.4 is 10.1 Å². The van der Waals surface area contributed by atoms with Crippen LogP contribution in [-0.4, -0.2) is 39.8 Å². The van der Waals surface area contributed by atoms with E-state index < -0.39 is 0 Å². The van der Waals surface area contributed by atoms with Gasteiger partial charge in [-0.2, -0.15) is 4.80 Å². The first-order valence-electron chi connectivity index (χ1n) is 7.27. The van der Waals surface area contributed by atoms with Crippen LogP contribution >= 0.6 is 0 Å². The summed E-state index contributed by atoms with van der Waals surface area (Å²) in [4.78, 5) is 13.1. The Balaban J connectivity index is 1.95. The first-order chi connectivity index (χ1) is 10.6. The minimum atomic E-state index is -0.116. The van der Waals surface area contributed by atoms with E-state index in [1.165, 1.54) is 4.80 Å². The maximum atomic E-state index is 11.8. The molecule has 1 heterocycles. The molecule has 0 saturated carbocycles. The van der Waals surface area contributed by atoms with Crippen molar-refractivity contribution in [2.45, 2.75) is 26.8 Å². The Kier molecular flexibility index (Phi) is 5.46. The fourth-order valence-electron chi connectivity index (χ4n) is 1.87. The van der Waals surface area contributed by atoms with Crippen molar-refractivity contribution in [1.29, 1.82) is 0 Å². The molecule has 118 valence electrons. The van der Waals surface area contributed by atoms with Gasteiger partial charge < -0.3 is 10.1 Å². The van der Waals surface area contributed by atoms with Gasteiger partial charge >= 0.3 is 0 Å². The van der Waals surface area contributed by atoms with E-state index in [2.05, 4.69) is 34.6 Å². The van der Waals surface area contributed by atoms with Crippen LogP contribution in [0.5, 0.6) is 5.75 Å². The third kappa shape index (κ3) is 4.54. The van der Waals surface area contributed by atoms with Crippen LogP contribution in [-0.2, 0) is 11.3 Å². The molecule has 0 aliphatic rings. The predicted octanol–water partition coefficient (Wildman–Crippen LogP) is 1.51. The first-order valence-corrected chi connectivity index (χ1v) is 7.27. The van der Waals surface area contributed by atoms with Crippen LogP contribution in [0.25, 0.3) is 11.4 Å². The minimum Gasteiger partial charge on any atom is -0.497 e. The third-order valence-electron chi connectivity index (χ3n) is 3.11. The molecule has 0 atom stereocenters. The zero-order chi connectivity index (χ0) is 15.9. The van der Waals surface area contributed by atoms with E-state index in [1.807, 2.05) is 24.3 Å². The number of carbonyl (C=O) groups is 1. The summed E-state index contributed by atoms with van der Waals surface area (Å²) < 4.78 is 5.16. The smallest absolute Gasteiger partial charge is 0.243 e. The van der Waals surface area contributed by atoms with Gasteiger partial charge in [-0.05, 0) is 29.7 Å². The van der Waals surface area contributed by atoms with Crippen molar-refractivity contribution in [3.05, 3.63) is 24.3 Å². The van der Waals surface area contributed by atoms with E-state index in [4.69, 9.17) is 4.74 Å². The Bertz CT molecular complexity index is 624. The molecule has 1 N–H and O–H groups in total. The molecule has 0 radical (unpaired) electrons. The lowest BCUT2D eigenvalue weighted by atomic mass is 10.1. The minimum absolute atomic E-state index is 0.0645. The Morgan fingerprint density at radius 1 is 1.41 bits per heavy atom. The molecule has 7 heteroatoms. The largest absolute Gasteiger partial charge is 0.497 e. The Labute approximate surface area is 129 Å². The van der Waals surface area contributed by atoms with Crippen LogP contribution in [0.1, 0.15) is 20.3 Å². The summed E-state index contributed by atoms with van der Waals surface area (Å²) in [5, 5.41) is 14.9. The summed E-state index contributed by atoms with van der Waals surface area (Å²) in [5.41, 5.74) is 0.797. The van der Waals surface area contributed by atoms with E-state index in [0.29, 0.717) is 18.3 Å². The average molecular weight is 303 g/mol. The quantitative estimate of drug-likeness (QED) is 0.838. The molecule has 0 aliphatic heterocycles. The van der Waals surface area contributed by atoms with Gasteiger partial charge in [0, 0.05) is 12.1 Å². The number of nitrogens with zero attached hydrogens (tertiary/aromatic N) is 4. The first kappa shape index (κ1) is 15.9. The second-order valence-corrected chi connectivity index (χ2v) is 5.41. The number of tetrazole rings is 1. The summed E-state index contributed by atoms with van der Waals surface area (Å²) in [6.07, 6.45) is 0.950. The summed E-state index contributed by atoms with van der Waals surface area (Å²) in [7, 11) is 1.60. The zero-order valence-corrected chi connectivity index (χ0v) is 13.1. The molecule has 1 amide bonds. The fraction of sp³-hybridized carbons (Fsp3) is 0.467. The van der Waals surface area contributed by atoms with Gasteiger partial charge in [0.2, 0.25) is 11.7 Å². The van der Waals surface area contributed by atoms with Gasteiger partial charge in [-0.15, -0.1) is 10.2 Å². The van der Waals surface area contributed by atoms with Gasteiger partial charge in [0.1, 0.15) is 12.3 Å². The van der Waals surface area contributed by atoms with Crippen LogP contribution in [0.4, 0.5) is 0 Å². The number of amides is 1. The highest BCUT2D eigenvalue weighted by atomic mass is 16.5. The number of aromatic nitrogens is 4. The lowest BCUT2D eigenvalue weighted by molar-refractivity contribution is -0.122. The van der Waals surface area contributed by atoms with Crippen molar-refractivity contribution in [2.24, 2.45) is 5.92 Å². The van der Waals surface area contributed by atoms with E-state index in [1.54, 1.807) is 7.11 Å². The van der Waals surface area contributed by atoms with Crippen LogP contribution in [0, 0.1) is 5.92 Å². The summed E-state index contributed by atoms with van der Waals surface area (Å²) in [6.45, 7) is 4.96. The molecule has 0 aliphatic carbocycles. The van der Waals surface area contributed by atoms with E-state index in [0.717, 1.165) is 17.7 Å². The molecule has 1 aromatic carbocycles. The van der Waals surface area contributed by atoms with E-state index in [9.17, 15) is 4.79 Å². The number of rotatable bonds is 7. The molecule has 2 aromatic rings. The highest BCUT2D eigenvalue weighted by Crippen LogP contribution is 2.19. The maximum Gasteiger partial charge on any atom is 0.243 e. The lowest BCUT2D eigenvalue weighted by Gasteiger charge is -2.06. The number of hydrogen-bond donors (Lipinski definition) is 1. The molecule has 7 nitrogen and oxygen atoms in total. The third-order valence-corrected chi connectivity index (χ3v) is 3.11. The summed E-state index contributed by atoms with van der Waals surface area (Å²) in [6, 6.07) is 7.39. The van der Waals surface area contributed by atoms with Crippen LogP contribution in [0.3, 0.4) is 0 Å². The highest BCUT2D eigenvalue weighted by Gasteiger charge is 2.09. The van der Waals surface area contributed by atoms with Gasteiger partial charge in [0.05, 0.1) is 7.11 Å². The summed E-state index contributed by atoms with van der Waals surface area (Å²) in [5.74, 6) is 1.63. The van der Waals surface area contributed by atoms with Gasteiger partial charge in [-0.3, -0.25) is 4.79 Å². The normalized spacial score (nSPS) is 10.7. The molecule has 0 saturated heterocycles. The van der Waals surface area contributed by atoms with Gasteiger partial charge in [0.25, 0.3) is 0 Å². The molecule has 0 unspecified atom stereocenters. The molecule has 0 spiro atoms. The second-order valence-electron chi connectivity index (χ2n) is 5.41. The molecule has 0 fully saturated rings. The molecule has 0 bridgehead atoms. The van der Waals surface area contributed by atoms with Crippen molar-refractivity contribution in [2.75, 3.05) is 13.7 Å². The van der Waals surface area contributed by atoms with Crippen LogP contribution in [0.2, 0.25) is 0 Å². The second kappa shape index (κ2) is 7.53. The van der Waals surface area contributed by atoms with Gasteiger partial charge in [0.15, 0.2) is 0 Å². The number of hydrogen-bond acceptors (Lipinski definition) is 5. The van der Waals surface area contributed by atoms with Crippen molar-refractivity contribution in [3.63, 3.8) is 0 Å². The Hall–Kier alpha value is -2.44. The molecular formula is C15H21N5O2. The molecular weight excluding hydrogens is 282 g/mol. The zero-order valence-electron chi connectivity index (χ0n) is 13.1. The topological polar surface area (TPSA) is 81.9 Å². The fourth-order valence-corrected chi connectivity index (χ4v) is 1.87. The summed E-state index contributed by atoms with van der Waals surface area (Å²) >= 11 is 0. The lowest BCUT2D eigenvalue weighted by Crippen LogP contribution is -2.29. The van der Waals surface area contributed by atoms with E-state index in [-0.39, 0.29) is 12.5 Å². The monoisotopic (exact) mass is 303 g/mol. The van der Waals surface area contributed by atoms with Gasteiger partial charge in [-0.1, -0.05) is 26.0 Å². The van der Waals surface area contributed by atoms with Crippen molar-refractivity contribution < 1.29 is 9.53 Å². The number of carbonyl (C=O) groups excluding carboxylic acids is 1.